The van der Waals surface area contributed by atoms with Gasteiger partial charge in [-0.2, -0.15) is 0 Å². The lowest BCUT2D eigenvalue weighted by molar-refractivity contribution is 0.301. The zero-order valence-electron chi connectivity index (χ0n) is 8.24. The van der Waals surface area contributed by atoms with E-state index in [1.165, 1.54) is 0 Å². The van der Waals surface area contributed by atoms with Gasteiger partial charge in [0, 0.05) is 24.4 Å². The summed E-state index contributed by atoms with van der Waals surface area (Å²) in [5.41, 5.74) is -0.0214. The van der Waals surface area contributed by atoms with Crippen LogP contribution in [-0.4, -0.2) is 48.8 Å². The van der Waals surface area contributed by atoms with Crippen LogP contribution in [0.2, 0.25) is 0 Å². The van der Waals surface area contributed by atoms with Crippen LogP contribution >= 0.6 is 0 Å². The second-order valence-corrected chi connectivity index (χ2v) is 4.72. The SMILES string of the molecule is O=S(=O)(NCCO)c1cncc(B(O)O)c1. The lowest BCUT2D eigenvalue weighted by Gasteiger charge is -2.06. The molecule has 4 N–H and O–H groups in total. The summed E-state index contributed by atoms with van der Waals surface area (Å²) in [6, 6.07) is 1.09. The quantitative estimate of drug-likeness (QED) is 0.412. The fourth-order valence-corrected chi connectivity index (χ4v) is 2.00. The van der Waals surface area contributed by atoms with E-state index in [0.717, 1.165) is 18.5 Å². The standard InChI is InChI=1S/C7H11BN2O5S/c11-2-1-10-16(14,15)7-3-6(8(12)13)4-9-5-7/h3-5,10-13H,1-2H2. The second kappa shape index (κ2) is 5.37. The Morgan fingerprint density at radius 2 is 2.06 bits per heavy atom. The van der Waals surface area contributed by atoms with Crippen molar-refractivity contribution in [2.45, 2.75) is 4.90 Å². The minimum atomic E-state index is -3.77. The van der Waals surface area contributed by atoms with Crippen LogP contribution in [0, 0.1) is 0 Å². The van der Waals surface area contributed by atoms with Gasteiger partial charge >= 0.3 is 7.12 Å². The molecule has 0 aliphatic carbocycles. The number of nitrogens with zero attached hydrogens (tertiary/aromatic N) is 1. The first-order valence-corrected chi connectivity index (χ1v) is 5.87. The summed E-state index contributed by atoms with van der Waals surface area (Å²) in [5, 5.41) is 26.2. The maximum atomic E-state index is 11.5. The average Bonchev–Trinajstić information content (AvgIpc) is 2.26. The Bertz CT molecular complexity index is 450. The number of pyridine rings is 1. The number of nitrogens with one attached hydrogen (secondary N) is 1. The van der Waals surface area contributed by atoms with E-state index in [0.29, 0.717) is 0 Å². The van der Waals surface area contributed by atoms with Gasteiger partial charge in [-0.25, -0.2) is 13.1 Å². The van der Waals surface area contributed by atoms with Crippen molar-refractivity contribution in [1.82, 2.24) is 9.71 Å². The zero-order valence-corrected chi connectivity index (χ0v) is 9.05. The molecule has 16 heavy (non-hydrogen) atoms. The molecular formula is C7H11BN2O5S. The first kappa shape index (κ1) is 13.1. The smallest absolute Gasteiger partial charge is 0.423 e. The van der Waals surface area contributed by atoms with E-state index in [1.807, 2.05) is 0 Å². The highest BCUT2D eigenvalue weighted by Gasteiger charge is 2.18. The van der Waals surface area contributed by atoms with E-state index in [4.69, 9.17) is 15.2 Å². The number of aromatic nitrogens is 1. The molecule has 0 atom stereocenters. The molecular weight excluding hydrogens is 235 g/mol. The van der Waals surface area contributed by atoms with Crippen molar-refractivity contribution < 1.29 is 23.6 Å². The van der Waals surface area contributed by atoms with Gasteiger partial charge in [-0.1, -0.05) is 0 Å². The van der Waals surface area contributed by atoms with Gasteiger partial charge in [0.25, 0.3) is 0 Å². The second-order valence-electron chi connectivity index (χ2n) is 2.95. The molecule has 1 heterocycles. The molecule has 0 radical (unpaired) electrons. The van der Waals surface area contributed by atoms with E-state index in [-0.39, 0.29) is 23.5 Å². The molecule has 0 amide bonds. The van der Waals surface area contributed by atoms with Crippen molar-refractivity contribution in [1.29, 1.82) is 0 Å². The number of hydrogen-bond donors (Lipinski definition) is 4. The van der Waals surface area contributed by atoms with Gasteiger partial charge in [0.15, 0.2) is 0 Å². The molecule has 0 aromatic carbocycles. The fraction of sp³-hybridized carbons (Fsp3) is 0.286. The zero-order chi connectivity index (χ0) is 12.2. The summed E-state index contributed by atoms with van der Waals surface area (Å²) in [6.45, 7) is -0.441. The third kappa shape index (κ3) is 3.25. The summed E-state index contributed by atoms with van der Waals surface area (Å²) in [7, 11) is -5.55. The highest BCUT2D eigenvalue weighted by Crippen LogP contribution is 2.03. The molecule has 0 bridgehead atoms. The number of aliphatic hydroxyl groups is 1. The first-order valence-electron chi connectivity index (χ1n) is 4.39. The van der Waals surface area contributed by atoms with Gasteiger partial charge in [-0.3, -0.25) is 4.98 Å². The molecule has 1 aromatic rings. The molecule has 0 saturated heterocycles. The van der Waals surface area contributed by atoms with Gasteiger partial charge in [-0.15, -0.1) is 0 Å². The Labute approximate surface area is 93.0 Å². The predicted molar refractivity (Wildman–Crippen MR) is 56.3 cm³/mol. The van der Waals surface area contributed by atoms with Crippen LogP contribution in [0.15, 0.2) is 23.4 Å². The molecule has 0 spiro atoms. The van der Waals surface area contributed by atoms with Gasteiger partial charge < -0.3 is 15.2 Å². The van der Waals surface area contributed by atoms with Crippen molar-refractivity contribution in [3.8, 4) is 0 Å². The van der Waals surface area contributed by atoms with Crippen LogP contribution in [0.5, 0.6) is 0 Å². The Morgan fingerprint density at radius 1 is 1.38 bits per heavy atom. The Hall–Kier alpha value is -0.995. The average molecular weight is 246 g/mol. The van der Waals surface area contributed by atoms with Gasteiger partial charge in [-0.05, 0) is 6.07 Å². The molecule has 7 nitrogen and oxygen atoms in total. The van der Waals surface area contributed by atoms with Gasteiger partial charge in [0.1, 0.15) is 0 Å². The highest BCUT2D eigenvalue weighted by molar-refractivity contribution is 7.89. The van der Waals surface area contributed by atoms with Crippen molar-refractivity contribution in [3.63, 3.8) is 0 Å². The van der Waals surface area contributed by atoms with Crippen LogP contribution in [0.1, 0.15) is 0 Å². The molecule has 9 heteroatoms. The molecule has 0 unspecified atom stereocenters. The number of rotatable bonds is 5. The van der Waals surface area contributed by atoms with Crippen LogP contribution in [0.3, 0.4) is 0 Å². The summed E-state index contributed by atoms with van der Waals surface area (Å²) in [6.07, 6.45) is 2.22. The lowest BCUT2D eigenvalue weighted by Crippen LogP contribution is -2.32. The van der Waals surface area contributed by atoms with E-state index < -0.39 is 17.1 Å². The predicted octanol–water partition coefficient (Wildman–Crippen LogP) is -2.97. The van der Waals surface area contributed by atoms with Crippen molar-refractivity contribution in [3.05, 3.63) is 18.5 Å². The third-order valence-corrected chi connectivity index (χ3v) is 3.17. The Balaban J connectivity index is 2.99. The van der Waals surface area contributed by atoms with E-state index in [1.54, 1.807) is 0 Å². The molecule has 0 aliphatic rings. The first-order chi connectivity index (χ1) is 7.47. The van der Waals surface area contributed by atoms with Crippen molar-refractivity contribution in [2.75, 3.05) is 13.2 Å². The molecule has 1 rings (SSSR count). The molecule has 0 aliphatic heterocycles. The topological polar surface area (TPSA) is 120 Å². The van der Waals surface area contributed by atoms with Gasteiger partial charge in [0.05, 0.1) is 11.5 Å². The Kier molecular flexibility index (Phi) is 4.39. The van der Waals surface area contributed by atoms with Crippen LogP contribution in [0.25, 0.3) is 0 Å². The normalized spacial score (nSPS) is 11.4. The fourth-order valence-electron chi connectivity index (χ4n) is 0.987. The van der Waals surface area contributed by atoms with E-state index >= 15 is 0 Å². The molecule has 1 aromatic heterocycles. The van der Waals surface area contributed by atoms with Crippen molar-refractivity contribution in [2.24, 2.45) is 0 Å². The monoisotopic (exact) mass is 246 g/mol. The maximum absolute atomic E-state index is 11.5. The number of aliphatic hydroxyl groups excluding tert-OH is 1. The summed E-state index contributed by atoms with van der Waals surface area (Å²) >= 11 is 0. The molecule has 0 fully saturated rings. The summed E-state index contributed by atoms with van der Waals surface area (Å²) < 4.78 is 25.2. The number of sulfonamides is 1. The maximum Gasteiger partial charge on any atom is 0.490 e. The minimum Gasteiger partial charge on any atom is -0.423 e. The van der Waals surface area contributed by atoms with Gasteiger partial charge in [0.2, 0.25) is 10.0 Å². The summed E-state index contributed by atoms with van der Waals surface area (Å²) in [4.78, 5) is 3.39. The van der Waals surface area contributed by atoms with Crippen LogP contribution < -0.4 is 10.2 Å². The van der Waals surface area contributed by atoms with E-state index in [2.05, 4.69) is 9.71 Å². The largest absolute Gasteiger partial charge is 0.490 e. The van der Waals surface area contributed by atoms with Crippen LogP contribution in [-0.2, 0) is 10.0 Å². The third-order valence-electron chi connectivity index (χ3n) is 1.75. The molecule has 0 saturated carbocycles. The number of hydrogen-bond acceptors (Lipinski definition) is 6. The lowest BCUT2D eigenvalue weighted by atomic mass is 9.82. The highest BCUT2D eigenvalue weighted by atomic mass is 32.2. The van der Waals surface area contributed by atoms with Crippen molar-refractivity contribution >= 4 is 22.6 Å². The minimum absolute atomic E-state index is 0.0214. The van der Waals surface area contributed by atoms with E-state index in [9.17, 15) is 8.42 Å². The summed E-state index contributed by atoms with van der Waals surface area (Å²) in [5.74, 6) is 0. The Morgan fingerprint density at radius 3 is 2.62 bits per heavy atom. The molecule has 88 valence electrons. The van der Waals surface area contributed by atoms with Crippen LogP contribution in [0.4, 0.5) is 0 Å².